The first-order valence-electron chi connectivity index (χ1n) is 5.68. The van der Waals surface area contributed by atoms with Crippen molar-refractivity contribution in [2.24, 2.45) is 5.73 Å². The first-order valence-corrected chi connectivity index (χ1v) is 7.54. The average molecular weight is 327 g/mol. The summed E-state index contributed by atoms with van der Waals surface area (Å²) >= 11 is 5.77. The number of pyridine rings is 1. The van der Waals surface area contributed by atoms with Crippen molar-refractivity contribution in [2.75, 3.05) is 10.0 Å². The normalized spacial score (nSPS) is 10.9. The number of carbonyl (C=O) groups excluding carboxylic acids is 1. The van der Waals surface area contributed by atoms with E-state index in [9.17, 15) is 13.2 Å². The fraction of sp³-hybridized carbons (Fsp3) is 0. The van der Waals surface area contributed by atoms with Gasteiger partial charge < -0.3 is 11.1 Å². The van der Waals surface area contributed by atoms with E-state index >= 15 is 0 Å². The van der Waals surface area contributed by atoms with Gasteiger partial charge in [0.05, 0.1) is 5.69 Å². The number of halogens is 1. The molecule has 7 nitrogen and oxygen atoms in total. The maximum atomic E-state index is 12.2. The third-order valence-corrected chi connectivity index (χ3v) is 4.22. The Balaban J connectivity index is 2.29. The van der Waals surface area contributed by atoms with Crippen LogP contribution in [-0.2, 0) is 10.0 Å². The Labute approximate surface area is 126 Å². The molecule has 0 unspecified atom stereocenters. The zero-order valence-corrected chi connectivity index (χ0v) is 12.1. The van der Waals surface area contributed by atoms with Gasteiger partial charge in [0.1, 0.15) is 10.0 Å². The number of nitrogens with one attached hydrogen (secondary N) is 2. The van der Waals surface area contributed by atoms with Crippen LogP contribution in [0.4, 0.5) is 16.2 Å². The summed E-state index contributed by atoms with van der Waals surface area (Å²) in [5.74, 6) is 0. The van der Waals surface area contributed by atoms with Crippen LogP contribution in [0.3, 0.4) is 0 Å². The number of anilines is 2. The predicted molar refractivity (Wildman–Crippen MR) is 79.7 cm³/mol. The molecule has 2 aromatic rings. The first-order chi connectivity index (χ1) is 9.88. The van der Waals surface area contributed by atoms with E-state index in [1.165, 1.54) is 30.5 Å². The lowest BCUT2D eigenvalue weighted by molar-refractivity contribution is 0.259. The number of urea groups is 1. The molecule has 4 N–H and O–H groups in total. The highest BCUT2D eigenvalue weighted by atomic mass is 35.5. The maximum absolute atomic E-state index is 12.2. The molecule has 2 amide bonds. The number of nitrogens with zero attached hydrogens (tertiary/aromatic N) is 1. The van der Waals surface area contributed by atoms with Gasteiger partial charge in [-0.05, 0) is 30.3 Å². The number of primary amides is 1. The average Bonchev–Trinajstić information content (AvgIpc) is 2.38. The van der Waals surface area contributed by atoms with Crippen LogP contribution in [0.1, 0.15) is 0 Å². The van der Waals surface area contributed by atoms with Crippen molar-refractivity contribution in [3.05, 3.63) is 47.7 Å². The molecule has 2 rings (SSSR count). The van der Waals surface area contributed by atoms with Gasteiger partial charge in [-0.3, -0.25) is 4.72 Å². The van der Waals surface area contributed by atoms with Gasteiger partial charge in [-0.2, -0.15) is 0 Å². The summed E-state index contributed by atoms with van der Waals surface area (Å²) in [6, 6.07) is 8.13. The summed E-state index contributed by atoms with van der Waals surface area (Å²) in [6.07, 6.45) is 1.39. The predicted octanol–water partition coefficient (Wildman–Crippen LogP) is 2.03. The lowest BCUT2D eigenvalue weighted by Gasteiger charge is -2.10. The molecule has 0 radical (unpaired) electrons. The Morgan fingerprint density at radius 3 is 2.57 bits per heavy atom. The number of hydrogen-bond acceptors (Lipinski definition) is 4. The first kappa shape index (κ1) is 15.1. The van der Waals surface area contributed by atoms with Crippen LogP contribution in [0.25, 0.3) is 0 Å². The van der Waals surface area contributed by atoms with Gasteiger partial charge in [-0.1, -0.05) is 17.7 Å². The molecule has 0 saturated heterocycles. The number of rotatable bonds is 4. The molecule has 1 aromatic heterocycles. The quantitative estimate of drug-likeness (QED) is 0.746. The van der Waals surface area contributed by atoms with Crippen LogP contribution < -0.4 is 15.8 Å². The van der Waals surface area contributed by atoms with Crippen LogP contribution in [0, 0.1) is 0 Å². The molecule has 9 heteroatoms. The molecular formula is C12H11ClN4O3S. The minimum atomic E-state index is -3.88. The van der Waals surface area contributed by atoms with E-state index in [1.54, 1.807) is 12.1 Å². The third-order valence-electron chi connectivity index (χ3n) is 2.40. The van der Waals surface area contributed by atoms with Gasteiger partial charge in [0.2, 0.25) is 0 Å². The van der Waals surface area contributed by atoms with E-state index in [-0.39, 0.29) is 15.7 Å². The van der Waals surface area contributed by atoms with Crippen LogP contribution in [0.2, 0.25) is 5.15 Å². The second-order valence-corrected chi connectivity index (χ2v) is 5.98. The zero-order valence-electron chi connectivity index (χ0n) is 10.6. The molecule has 1 aromatic carbocycles. The minimum absolute atomic E-state index is 0.128. The van der Waals surface area contributed by atoms with Gasteiger partial charge in [-0.15, -0.1) is 0 Å². The summed E-state index contributed by atoms with van der Waals surface area (Å²) < 4.78 is 26.8. The molecule has 0 saturated carbocycles. The fourth-order valence-electron chi connectivity index (χ4n) is 1.58. The Kier molecular flexibility index (Phi) is 4.29. The minimum Gasteiger partial charge on any atom is -0.351 e. The van der Waals surface area contributed by atoms with E-state index in [4.69, 9.17) is 17.3 Å². The SMILES string of the molecule is NC(=O)Nc1cccc(NS(=O)(=O)c2cccnc2Cl)c1. The number of hydrogen-bond donors (Lipinski definition) is 3. The third kappa shape index (κ3) is 3.83. The van der Waals surface area contributed by atoms with Crippen molar-refractivity contribution >= 4 is 39.0 Å². The smallest absolute Gasteiger partial charge is 0.316 e. The molecule has 0 fully saturated rings. The highest BCUT2D eigenvalue weighted by molar-refractivity contribution is 7.92. The molecule has 0 aliphatic heterocycles. The second-order valence-electron chi connectivity index (χ2n) is 3.97. The number of nitrogens with two attached hydrogens (primary N) is 1. The molecule has 0 spiro atoms. The second kappa shape index (κ2) is 5.98. The number of aromatic nitrogens is 1. The van der Waals surface area contributed by atoms with Crippen molar-refractivity contribution < 1.29 is 13.2 Å². The monoisotopic (exact) mass is 326 g/mol. The largest absolute Gasteiger partial charge is 0.351 e. The van der Waals surface area contributed by atoms with Gasteiger partial charge in [0, 0.05) is 11.9 Å². The molecule has 0 atom stereocenters. The number of benzene rings is 1. The van der Waals surface area contributed by atoms with Crippen molar-refractivity contribution in [3.63, 3.8) is 0 Å². The molecule has 0 bridgehead atoms. The molecule has 0 aliphatic rings. The standard InChI is InChI=1S/C12H11ClN4O3S/c13-11-10(5-2-6-15-11)21(19,20)17-9-4-1-3-8(7-9)16-12(14)18/h1-7,17H,(H3,14,16,18). The Hall–Kier alpha value is -2.32. The number of carbonyl (C=O) groups is 1. The van der Waals surface area contributed by atoms with Crippen molar-refractivity contribution in [1.29, 1.82) is 0 Å². The molecule has 0 aliphatic carbocycles. The number of sulfonamides is 1. The van der Waals surface area contributed by atoms with E-state index in [0.717, 1.165) is 0 Å². The summed E-state index contributed by atoms with van der Waals surface area (Å²) in [7, 11) is -3.88. The van der Waals surface area contributed by atoms with Crippen LogP contribution in [0.5, 0.6) is 0 Å². The van der Waals surface area contributed by atoms with Crippen molar-refractivity contribution in [2.45, 2.75) is 4.90 Å². The van der Waals surface area contributed by atoms with Gasteiger partial charge in [0.25, 0.3) is 10.0 Å². The summed E-state index contributed by atoms with van der Waals surface area (Å²) in [5.41, 5.74) is 5.61. The van der Waals surface area contributed by atoms with E-state index in [0.29, 0.717) is 5.69 Å². The highest BCUT2D eigenvalue weighted by Crippen LogP contribution is 2.22. The topological polar surface area (TPSA) is 114 Å². The summed E-state index contributed by atoms with van der Waals surface area (Å²) in [6.45, 7) is 0. The van der Waals surface area contributed by atoms with E-state index < -0.39 is 16.1 Å². The lowest BCUT2D eigenvalue weighted by atomic mass is 10.3. The summed E-state index contributed by atoms with van der Waals surface area (Å²) in [5, 5.41) is 2.22. The van der Waals surface area contributed by atoms with Crippen molar-refractivity contribution in [1.82, 2.24) is 4.98 Å². The molecule has 21 heavy (non-hydrogen) atoms. The molecule has 1 heterocycles. The lowest BCUT2D eigenvalue weighted by Crippen LogP contribution is -2.19. The van der Waals surface area contributed by atoms with Crippen LogP contribution in [-0.4, -0.2) is 19.4 Å². The Morgan fingerprint density at radius 2 is 1.90 bits per heavy atom. The zero-order chi connectivity index (χ0) is 15.5. The highest BCUT2D eigenvalue weighted by Gasteiger charge is 2.18. The molecule has 110 valence electrons. The van der Waals surface area contributed by atoms with Crippen molar-refractivity contribution in [3.8, 4) is 0 Å². The van der Waals surface area contributed by atoms with Crippen LogP contribution in [0.15, 0.2) is 47.5 Å². The Bertz CT molecular complexity index is 780. The van der Waals surface area contributed by atoms with Gasteiger partial charge in [-0.25, -0.2) is 18.2 Å². The number of amides is 2. The van der Waals surface area contributed by atoms with E-state index in [1.807, 2.05) is 0 Å². The van der Waals surface area contributed by atoms with Gasteiger partial charge in [0.15, 0.2) is 0 Å². The fourth-order valence-corrected chi connectivity index (χ4v) is 3.09. The van der Waals surface area contributed by atoms with Gasteiger partial charge >= 0.3 is 6.03 Å². The summed E-state index contributed by atoms with van der Waals surface area (Å²) in [4.78, 5) is 14.4. The van der Waals surface area contributed by atoms with E-state index in [2.05, 4.69) is 15.0 Å². The maximum Gasteiger partial charge on any atom is 0.316 e. The van der Waals surface area contributed by atoms with Crippen LogP contribution >= 0.6 is 11.6 Å². The molecular weight excluding hydrogens is 316 g/mol. The Morgan fingerprint density at radius 1 is 1.19 bits per heavy atom.